The van der Waals surface area contributed by atoms with Gasteiger partial charge in [-0.15, -0.1) is 0 Å². The van der Waals surface area contributed by atoms with Crippen LogP contribution < -0.4 is 11.1 Å². The molecule has 4 heteroatoms. The van der Waals surface area contributed by atoms with Crippen molar-refractivity contribution in [2.45, 2.75) is 45.4 Å². The largest absolute Gasteiger partial charge is 0.391 e. The molecule has 2 atom stereocenters. The highest BCUT2D eigenvalue weighted by atomic mass is 16.3. The summed E-state index contributed by atoms with van der Waals surface area (Å²) in [7, 11) is 0. The molecule has 4 nitrogen and oxygen atoms in total. The predicted octanol–water partition coefficient (Wildman–Crippen LogP) is -0.391. The standard InChI is InChI=1S/C8H18N2O2/c1-5(9)7(12)10-8(3,4)6(2)11/h5-6,11H,9H2,1-4H3,(H,10,12)/t5-,6?/m0/s1. The van der Waals surface area contributed by atoms with Gasteiger partial charge in [0.05, 0.1) is 17.7 Å². The molecule has 12 heavy (non-hydrogen) atoms. The Kier molecular flexibility index (Phi) is 3.67. The highest BCUT2D eigenvalue weighted by Gasteiger charge is 2.26. The van der Waals surface area contributed by atoms with Crippen LogP contribution in [0, 0.1) is 0 Å². The zero-order valence-electron chi connectivity index (χ0n) is 8.09. The summed E-state index contributed by atoms with van der Waals surface area (Å²) in [5, 5.41) is 11.9. The van der Waals surface area contributed by atoms with Gasteiger partial charge < -0.3 is 16.2 Å². The summed E-state index contributed by atoms with van der Waals surface area (Å²) < 4.78 is 0. The fraction of sp³-hybridized carbons (Fsp3) is 0.875. The van der Waals surface area contributed by atoms with E-state index in [1.54, 1.807) is 27.7 Å². The lowest BCUT2D eigenvalue weighted by Crippen LogP contribution is -2.54. The molecule has 0 aromatic rings. The topological polar surface area (TPSA) is 75.3 Å². The van der Waals surface area contributed by atoms with Gasteiger partial charge in [-0.05, 0) is 27.7 Å². The molecule has 1 amide bonds. The lowest BCUT2D eigenvalue weighted by atomic mass is 9.98. The van der Waals surface area contributed by atoms with Gasteiger partial charge in [0.25, 0.3) is 0 Å². The number of nitrogens with one attached hydrogen (secondary N) is 1. The molecule has 0 spiro atoms. The summed E-state index contributed by atoms with van der Waals surface area (Å²) in [6, 6.07) is -0.539. The summed E-state index contributed by atoms with van der Waals surface area (Å²) in [5.41, 5.74) is 4.73. The summed E-state index contributed by atoms with van der Waals surface area (Å²) in [6.45, 7) is 6.73. The lowest BCUT2D eigenvalue weighted by molar-refractivity contribution is -0.124. The van der Waals surface area contributed by atoms with E-state index in [-0.39, 0.29) is 5.91 Å². The van der Waals surface area contributed by atoms with Gasteiger partial charge in [0.2, 0.25) is 5.91 Å². The molecule has 0 aliphatic heterocycles. The first kappa shape index (κ1) is 11.4. The molecule has 0 aliphatic rings. The second kappa shape index (κ2) is 3.87. The van der Waals surface area contributed by atoms with Crippen LogP contribution in [0.1, 0.15) is 27.7 Å². The van der Waals surface area contributed by atoms with E-state index < -0.39 is 17.7 Å². The minimum Gasteiger partial charge on any atom is -0.391 e. The van der Waals surface area contributed by atoms with E-state index in [0.717, 1.165) is 0 Å². The van der Waals surface area contributed by atoms with E-state index in [1.165, 1.54) is 0 Å². The number of amides is 1. The Labute approximate surface area is 73.1 Å². The van der Waals surface area contributed by atoms with Gasteiger partial charge in [0.15, 0.2) is 0 Å². The summed E-state index contributed by atoms with van der Waals surface area (Å²) in [4.78, 5) is 11.1. The molecule has 0 aromatic carbocycles. The van der Waals surface area contributed by atoms with Crippen molar-refractivity contribution in [3.8, 4) is 0 Å². The normalized spacial score (nSPS) is 16.8. The third-order valence-electron chi connectivity index (χ3n) is 1.90. The maximum Gasteiger partial charge on any atom is 0.237 e. The van der Waals surface area contributed by atoms with E-state index in [9.17, 15) is 9.90 Å². The molecule has 0 fully saturated rings. The zero-order chi connectivity index (χ0) is 9.94. The van der Waals surface area contributed by atoms with Crippen LogP contribution in [0.2, 0.25) is 0 Å². The Morgan fingerprint density at radius 3 is 2.17 bits per heavy atom. The van der Waals surface area contributed by atoms with E-state index in [0.29, 0.717) is 0 Å². The van der Waals surface area contributed by atoms with Crippen molar-refractivity contribution in [2.24, 2.45) is 5.73 Å². The highest BCUT2D eigenvalue weighted by Crippen LogP contribution is 2.07. The van der Waals surface area contributed by atoms with Crippen LogP contribution in [-0.2, 0) is 4.79 Å². The van der Waals surface area contributed by atoms with E-state index in [2.05, 4.69) is 5.32 Å². The Balaban J connectivity index is 4.15. The smallest absolute Gasteiger partial charge is 0.237 e. The Morgan fingerprint density at radius 2 is 1.92 bits per heavy atom. The molecule has 0 bridgehead atoms. The average molecular weight is 174 g/mol. The molecule has 0 saturated heterocycles. The summed E-state index contributed by atoms with van der Waals surface area (Å²) in [5.74, 6) is -0.249. The number of carbonyl (C=O) groups is 1. The molecule has 0 heterocycles. The molecule has 0 aromatic heterocycles. The van der Waals surface area contributed by atoms with Gasteiger partial charge in [0.1, 0.15) is 0 Å². The maximum absolute atomic E-state index is 11.1. The number of nitrogens with two attached hydrogens (primary N) is 1. The van der Waals surface area contributed by atoms with Crippen molar-refractivity contribution < 1.29 is 9.90 Å². The van der Waals surface area contributed by atoms with Crippen LogP contribution in [0.25, 0.3) is 0 Å². The molecule has 0 aliphatic carbocycles. The fourth-order valence-corrected chi connectivity index (χ4v) is 0.536. The monoisotopic (exact) mass is 174 g/mol. The van der Waals surface area contributed by atoms with E-state index >= 15 is 0 Å². The van der Waals surface area contributed by atoms with Crippen molar-refractivity contribution in [1.82, 2.24) is 5.32 Å². The number of aliphatic hydroxyl groups is 1. The van der Waals surface area contributed by atoms with Crippen molar-refractivity contribution in [1.29, 1.82) is 0 Å². The van der Waals surface area contributed by atoms with Crippen molar-refractivity contribution in [2.75, 3.05) is 0 Å². The minimum absolute atomic E-state index is 0.249. The quantitative estimate of drug-likeness (QED) is 0.545. The molecular weight excluding hydrogens is 156 g/mol. The molecule has 0 radical (unpaired) electrons. The Morgan fingerprint density at radius 1 is 1.50 bits per heavy atom. The van der Waals surface area contributed by atoms with Crippen molar-refractivity contribution in [3.63, 3.8) is 0 Å². The molecule has 4 N–H and O–H groups in total. The van der Waals surface area contributed by atoms with Crippen LogP contribution in [-0.4, -0.2) is 28.7 Å². The zero-order valence-corrected chi connectivity index (χ0v) is 8.09. The number of hydrogen-bond acceptors (Lipinski definition) is 3. The van der Waals surface area contributed by atoms with Gasteiger partial charge >= 0.3 is 0 Å². The fourth-order valence-electron chi connectivity index (χ4n) is 0.536. The highest BCUT2D eigenvalue weighted by molar-refractivity contribution is 5.81. The SMILES string of the molecule is CC(O)C(C)(C)NC(=O)[C@H](C)N. The van der Waals surface area contributed by atoms with E-state index in [4.69, 9.17) is 5.73 Å². The Hall–Kier alpha value is -0.610. The van der Waals surface area contributed by atoms with Gasteiger partial charge in [0, 0.05) is 0 Å². The van der Waals surface area contributed by atoms with Crippen LogP contribution in [0.5, 0.6) is 0 Å². The van der Waals surface area contributed by atoms with Crippen LogP contribution in [0.3, 0.4) is 0 Å². The first-order chi connectivity index (χ1) is 5.27. The van der Waals surface area contributed by atoms with Crippen LogP contribution in [0.4, 0.5) is 0 Å². The minimum atomic E-state index is -0.620. The Bertz CT molecular complexity index is 164. The molecule has 0 rings (SSSR count). The first-order valence-corrected chi connectivity index (χ1v) is 4.03. The molecule has 0 saturated carbocycles. The van der Waals surface area contributed by atoms with Gasteiger partial charge in [-0.3, -0.25) is 4.79 Å². The molecular formula is C8H18N2O2. The second-order valence-corrected chi connectivity index (χ2v) is 3.68. The third kappa shape index (κ3) is 3.19. The van der Waals surface area contributed by atoms with Crippen molar-refractivity contribution in [3.05, 3.63) is 0 Å². The maximum atomic E-state index is 11.1. The van der Waals surface area contributed by atoms with Gasteiger partial charge in [-0.2, -0.15) is 0 Å². The number of carbonyl (C=O) groups excluding carboxylic acids is 1. The first-order valence-electron chi connectivity index (χ1n) is 4.03. The number of aliphatic hydroxyl groups excluding tert-OH is 1. The average Bonchev–Trinajstić information content (AvgIpc) is 1.85. The third-order valence-corrected chi connectivity index (χ3v) is 1.90. The van der Waals surface area contributed by atoms with Gasteiger partial charge in [-0.1, -0.05) is 0 Å². The van der Waals surface area contributed by atoms with Crippen LogP contribution >= 0.6 is 0 Å². The van der Waals surface area contributed by atoms with Crippen molar-refractivity contribution >= 4 is 5.91 Å². The number of rotatable bonds is 3. The van der Waals surface area contributed by atoms with Gasteiger partial charge in [-0.25, -0.2) is 0 Å². The molecule has 1 unspecified atom stereocenters. The summed E-state index contributed by atoms with van der Waals surface area (Å²) in [6.07, 6.45) is -0.597. The predicted molar refractivity (Wildman–Crippen MR) is 47.6 cm³/mol. The lowest BCUT2D eigenvalue weighted by Gasteiger charge is -2.30. The van der Waals surface area contributed by atoms with Crippen LogP contribution in [0.15, 0.2) is 0 Å². The molecule has 72 valence electrons. The number of hydrogen-bond donors (Lipinski definition) is 3. The summed E-state index contributed by atoms with van der Waals surface area (Å²) >= 11 is 0. The van der Waals surface area contributed by atoms with E-state index in [1.807, 2.05) is 0 Å². The second-order valence-electron chi connectivity index (χ2n) is 3.68.